The van der Waals surface area contributed by atoms with Gasteiger partial charge in [-0.2, -0.15) is 0 Å². The van der Waals surface area contributed by atoms with Gasteiger partial charge in [-0.3, -0.25) is 4.79 Å². The van der Waals surface area contributed by atoms with Gasteiger partial charge in [-0.15, -0.1) is 0 Å². The number of carbonyl (C=O) groups is 1. The highest BCUT2D eigenvalue weighted by atomic mass is 16.3. The van der Waals surface area contributed by atoms with E-state index < -0.39 is 5.60 Å². The quantitative estimate of drug-likeness (QED) is 0.585. The molecule has 4 heteroatoms. The summed E-state index contributed by atoms with van der Waals surface area (Å²) in [5.41, 5.74) is 4.99. The Morgan fingerprint density at radius 1 is 1.50 bits per heavy atom. The maximum atomic E-state index is 11.5. The van der Waals surface area contributed by atoms with E-state index in [1.165, 1.54) is 0 Å². The van der Waals surface area contributed by atoms with Gasteiger partial charge >= 0.3 is 0 Å². The highest BCUT2D eigenvalue weighted by Crippen LogP contribution is 2.31. The van der Waals surface area contributed by atoms with Crippen LogP contribution in [0.5, 0.6) is 0 Å². The van der Waals surface area contributed by atoms with E-state index in [9.17, 15) is 9.90 Å². The number of nitrogens with two attached hydrogens (primary N) is 1. The fourth-order valence-electron chi connectivity index (χ4n) is 2.03. The Kier molecular flexibility index (Phi) is 2.49. The van der Waals surface area contributed by atoms with Crippen LogP contribution in [0, 0.1) is 5.92 Å². The van der Waals surface area contributed by atoms with Gasteiger partial charge in [0.05, 0.1) is 5.60 Å². The molecule has 0 radical (unpaired) electrons. The molecule has 2 rings (SSSR count). The molecular formula is C10H18N2O2. The molecule has 4 N–H and O–H groups in total. The molecule has 0 aromatic rings. The van der Waals surface area contributed by atoms with Gasteiger partial charge in [0.1, 0.15) is 0 Å². The van der Waals surface area contributed by atoms with E-state index in [-0.39, 0.29) is 17.9 Å². The van der Waals surface area contributed by atoms with Crippen molar-refractivity contribution in [3.8, 4) is 0 Å². The van der Waals surface area contributed by atoms with Crippen LogP contribution in [0.1, 0.15) is 32.1 Å². The minimum Gasteiger partial charge on any atom is -0.388 e. The van der Waals surface area contributed by atoms with Crippen molar-refractivity contribution in [1.82, 2.24) is 5.32 Å². The van der Waals surface area contributed by atoms with Crippen LogP contribution < -0.4 is 11.1 Å². The second-order valence-corrected chi connectivity index (χ2v) is 4.72. The Morgan fingerprint density at radius 2 is 2.14 bits per heavy atom. The van der Waals surface area contributed by atoms with E-state index in [2.05, 4.69) is 5.32 Å². The molecule has 0 atom stereocenters. The van der Waals surface area contributed by atoms with Crippen molar-refractivity contribution in [2.45, 2.75) is 43.7 Å². The first-order valence-corrected chi connectivity index (χ1v) is 5.35. The standard InChI is InChI=1S/C10H18N2O2/c11-8-4-7(5-8)9(13)12-6-10(14)2-1-3-10/h7-8,14H,1-6,11H2,(H,12,13). The molecule has 2 saturated carbocycles. The summed E-state index contributed by atoms with van der Waals surface area (Å²) in [4.78, 5) is 11.5. The lowest BCUT2D eigenvalue weighted by molar-refractivity contribution is -0.130. The van der Waals surface area contributed by atoms with Crippen molar-refractivity contribution in [2.24, 2.45) is 11.7 Å². The molecule has 1 amide bonds. The molecule has 4 nitrogen and oxygen atoms in total. The Labute approximate surface area is 83.9 Å². The van der Waals surface area contributed by atoms with Gasteiger partial charge in [0.15, 0.2) is 0 Å². The van der Waals surface area contributed by atoms with Crippen LogP contribution in [0.15, 0.2) is 0 Å². The summed E-state index contributed by atoms with van der Waals surface area (Å²) >= 11 is 0. The van der Waals surface area contributed by atoms with E-state index in [0.29, 0.717) is 6.54 Å². The third-order valence-corrected chi connectivity index (χ3v) is 3.42. The summed E-state index contributed by atoms with van der Waals surface area (Å²) in [7, 11) is 0. The van der Waals surface area contributed by atoms with Crippen molar-refractivity contribution in [2.75, 3.05) is 6.54 Å². The fourth-order valence-corrected chi connectivity index (χ4v) is 2.03. The van der Waals surface area contributed by atoms with E-state index in [1.807, 2.05) is 0 Å². The molecule has 2 aliphatic carbocycles. The van der Waals surface area contributed by atoms with Crippen LogP contribution in [-0.2, 0) is 4.79 Å². The summed E-state index contributed by atoms with van der Waals surface area (Å²) in [6.07, 6.45) is 4.30. The number of amides is 1. The van der Waals surface area contributed by atoms with Gasteiger partial charge in [-0.05, 0) is 32.1 Å². The van der Waals surface area contributed by atoms with Crippen molar-refractivity contribution in [1.29, 1.82) is 0 Å². The minimum atomic E-state index is -0.610. The molecule has 0 heterocycles. The predicted octanol–water partition coefficient (Wildman–Crippen LogP) is -0.245. The summed E-state index contributed by atoms with van der Waals surface area (Å²) in [5.74, 6) is 0.153. The molecule has 0 unspecified atom stereocenters. The normalized spacial score (nSPS) is 34.1. The lowest BCUT2D eigenvalue weighted by Crippen LogP contribution is -2.51. The summed E-state index contributed by atoms with van der Waals surface area (Å²) in [6.45, 7) is 0.414. The number of hydrogen-bond donors (Lipinski definition) is 3. The first-order chi connectivity index (χ1) is 6.59. The molecule has 0 saturated heterocycles. The van der Waals surface area contributed by atoms with Gasteiger partial charge in [0, 0.05) is 18.5 Å². The zero-order valence-electron chi connectivity index (χ0n) is 8.33. The van der Waals surface area contributed by atoms with Crippen molar-refractivity contribution < 1.29 is 9.90 Å². The molecular weight excluding hydrogens is 180 g/mol. The van der Waals surface area contributed by atoms with Crippen LogP contribution in [-0.4, -0.2) is 29.2 Å². The highest BCUT2D eigenvalue weighted by molar-refractivity contribution is 5.79. The maximum absolute atomic E-state index is 11.5. The SMILES string of the molecule is NC1CC(C(=O)NCC2(O)CCC2)C1. The zero-order valence-corrected chi connectivity index (χ0v) is 8.33. The second kappa shape index (κ2) is 3.51. The fraction of sp³-hybridized carbons (Fsp3) is 0.900. The Morgan fingerprint density at radius 3 is 2.57 bits per heavy atom. The Balaban J connectivity index is 1.68. The van der Waals surface area contributed by atoms with Crippen LogP contribution in [0.25, 0.3) is 0 Å². The maximum Gasteiger partial charge on any atom is 0.223 e. The third kappa shape index (κ3) is 1.91. The number of rotatable bonds is 3. The topological polar surface area (TPSA) is 75.4 Å². The molecule has 0 bridgehead atoms. The van der Waals surface area contributed by atoms with Crippen LogP contribution >= 0.6 is 0 Å². The number of nitrogens with one attached hydrogen (secondary N) is 1. The smallest absolute Gasteiger partial charge is 0.223 e. The van der Waals surface area contributed by atoms with Crippen molar-refractivity contribution in [3.63, 3.8) is 0 Å². The van der Waals surface area contributed by atoms with E-state index in [4.69, 9.17) is 5.73 Å². The van der Waals surface area contributed by atoms with Gasteiger partial charge in [0.25, 0.3) is 0 Å². The number of hydrogen-bond acceptors (Lipinski definition) is 3. The van der Waals surface area contributed by atoms with Gasteiger partial charge in [-0.25, -0.2) is 0 Å². The largest absolute Gasteiger partial charge is 0.388 e. The molecule has 80 valence electrons. The average molecular weight is 198 g/mol. The van der Waals surface area contributed by atoms with Crippen LogP contribution in [0.4, 0.5) is 0 Å². The molecule has 0 aliphatic heterocycles. The van der Waals surface area contributed by atoms with Crippen molar-refractivity contribution >= 4 is 5.91 Å². The zero-order chi connectivity index (χ0) is 10.2. The molecule has 2 aliphatic rings. The number of carbonyl (C=O) groups excluding carboxylic acids is 1. The van der Waals surface area contributed by atoms with Crippen LogP contribution in [0.3, 0.4) is 0 Å². The van der Waals surface area contributed by atoms with Gasteiger partial charge in [-0.1, -0.05) is 0 Å². The molecule has 2 fully saturated rings. The van der Waals surface area contributed by atoms with Gasteiger partial charge < -0.3 is 16.2 Å². The first kappa shape index (κ1) is 9.93. The summed E-state index contributed by atoms with van der Waals surface area (Å²) in [5, 5.41) is 12.5. The molecule has 0 aromatic carbocycles. The lowest BCUT2D eigenvalue weighted by atomic mass is 9.78. The first-order valence-electron chi connectivity index (χ1n) is 5.35. The molecule has 0 aromatic heterocycles. The second-order valence-electron chi connectivity index (χ2n) is 4.72. The Hall–Kier alpha value is -0.610. The van der Waals surface area contributed by atoms with Crippen molar-refractivity contribution in [3.05, 3.63) is 0 Å². The molecule has 14 heavy (non-hydrogen) atoms. The Bertz CT molecular complexity index is 232. The highest BCUT2D eigenvalue weighted by Gasteiger charge is 2.37. The lowest BCUT2D eigenvalue weighted by Gasteiger charge is -2.38. The van der Waals surface area contributed by atoms with E-state index in [0.717, 1.165) is 32.1 Å². The predicted molar refractivity (Wildman–Crippen MR) is 52.5 cm³/mol. The van der Waals surface area contributed by atoms with Gasteiger partial charge in [0.2, 0.25) is 5.91 Å². The van der Waals surface area contributed by atoms with E-state index >= 15 is 0 Å². The number of aliphatic hydroxyl groups is 1. The van der Waals surface area contributed by atoms with E-state index in [1.54, 1.807) is 0 Å². The molecule has 0 spiro atoms. The average Bonchev–Trinajstić information content (AvgIpc) is 2.06. The summed E-state index contributed by atoms with van der Waals surface area (Å²) in [6, 6.07) is 0.206. The summed E-state index contributed by atoms with van der Waals surface area (Å²) < 4.78 is 0. The third-order valence-electron chi connectivity index (χ3n) is 3.42. The monoisotopic (exact) mass is 198 g/mol. The minimum absolute atomic E-state index is 0.0621. The van der Waals surface area contributed by atoms with Crippen LogP contribution in [0.2, 0.25) is 0 Å².